The van der Waals surface area contributed by atoms with Crippen LogP contribution in [0.4, 0.5) is 0 Å². The molecule has 1 N–H and O–H groups in total. The van der Waals surface area contributed by atoms with Gasteiger partial charge in [0.1, 0.15) is 0 Å². The molecule has 5 rings (SSSR count). The lowest BCUT2D eigenvalue weighted by atomic mass is 9.50. The largest absolute Gasteiger partial charge is 0.388 e. The Labute approximate surface area is 123 Å². The van der Waals surface area contributed by atoms with Gasteiger partial charge in [0.15, 0.2) is 0 Å². The van der Waals surface area contributed by atoms with Gasteiger partial charge in [-0.2, -0.15) is 0 Å². The van der Waals surface area contributed by atoms with E-state index in [-0.39, 0.29) is 6.10 Å². The number of rotatable bonds is 2. The summed E-state index contributed by atoms with van der Waals surface area (Å²) in [6, 6.07) is 0. The highest BCUT2D eigenvalue weighted by molar-refractivity contribution is 5.14. The first-order valence-corrected chi connectivity index (χ1v) is 9.18. The quantitative estimate of drug-likeness (QED) is 0.724. The second-order valence-electron chi connectivity index (χ2n) is 8.18. The van der Waals surface area contributed by atoms with E-state index >= 15 is 0 Å². The molecule has 1 nitrogen and oxygen atoms in total. The van der Waals surface area contributed by atoms with Crippen LogP contribution in [0.1, 0.15) is 70.6 Å². The van der Waals surface area contributed by atoms with Crippen LogP contribution in [0, 0.1) is 29.6 Å². The molecule has 0 aromatic heterocycles. The molecule has 0 heterocycles. The molecule has 0 aliphatic heterocycles. The minimum Gasteiger partial charge on any atom is -0.388 e. The van der Waals surface area contributed by atoms with Crippen LogP contribution >= 0.6 is 0 Å². The summed E-state index contributed by atoms with van der Waals surface area (Å²) in [5.41, 5.74) is 1.42. The van der Waals surface area contributed by atoms with Crippen LogP contribution in [0.15, 0.2) is 11.6 Å². The zero-order valence-electron chi connectivity index (χ0n) is 12.8. The average molecular weight is 274 g/mol. The molecule has 20 heavy (non-hydrogen) atoms. The standard InChI is InChI=1S/C19H30O/c20-19(15-6-4-2-1-3-5-7-15)18-16-9-13-8-14(11-16)12-17(18)10-13/h6,13-14,16-20H,1-5,7-12H2. The van der Waals surface area contributed by atoms with Gasteiger partial charge in [-0.25, -0.2) is 0 Å². The summed E-state index contributed by atoms with van der Waals surface area (Å²) >= 11 is 0. The Balaban J connectivity index is 1.51. The van der Waals surface area contributed by atoms with E-state index in [0.717, 1.165) is 23.7 Å². The molecular formula is C19H30O. The molecule has 0 amide bonds. The van der Waals surface area contributed by atoms with Crippen molar-refractivity contribution in [3.05, 3.63) is 11.6 Å². The third-order valence-electron chi connectivity index (χ3n) is 6.87. The highest BCUT2D eigenvalue weighted by Gasteiger charge is 2.50. The minimum absolute atomic E-state index is 0.0944. The van der Waals surface area contributed by atoms with Gasteiger partial charge >= 0.3 is 0 Å². The second-order valence-corrected chi connectivity index (χ2v) is 8.18. The van der Waals surface area contributed by atoms with Crippen LogP contribution in [-0.2, 0) is 0 Å². The molecule has 1 heteroatoms. The molecule has 0 spiro atoms. The molecule has 0 aromatic rings. The summed E-state index contributed by atoms with van der Waals surface area (Å²) in [5.74, 6) is 4.37. The van der Waals surface area contributed by atoms with E-state index < -0.39 is 0 Å². The van der Waals surface area contributed by atoms with Gasteiger partial charge in [-0.3, -0.25) is 0 Å². The van der Waals surface area contributed by atoms with Crippen LogP contribution in [-0.4, -0.2) is 11.2 Å². The van der Waals surface area contributed by atoms with Crippen molar-refractivity contribution in [2.75, 3.05) is 0 Å². The number of aliphatic hydroxyl groups is 1. The summed E-state index contributed by atoms with van der Waals surface area (Å²) in [6.07, 6.45) is 17.3. The maximum atomic E-state index is 11.1. The van der Waals surface area contributed by atoms with Gasteiger partial charge in [0.2, 0.25) is 0 Å². The van der Waals surface area contributed by atoms with Crippen molar-refractivity contribution in [3.8, 4) is 0 Å². The summed E-state index contributed by atoms with van der Waals surface area (Å²) in [6.45, 7) is 0. The van der Waals surface area contributed by atoms with Crippen molar-refractivity contribution in [2.24, 2.45) is 29.6 Å². The first-order valence-electron chi connectivity index (χ1n) is 9.18. The molecule has 0 aromatic carbocycles. The van der Waals surface area contributed by atoms with Gasteiger partial charge in [0.05, 0.1) is 6.10 Å². The van der Waals surface area contributed by atoms with Gasteiger partial charge in [-0.05, 0) is 93.0 Å². The third-order valence-corrected chi connectivity index (χ3v) is 6.87. The van der Waals surface area contributed by atoms with Gasteiger partial charge in [-0.15, -0.1) is 0 Å². The second kappa shape index (κ2) is 5.48. The monoisotopic (exact) mass is 274 g/mol. The molecular weight excluding hydrogens is 244 g/mol. The van der Waals surface area contributed by atoms with Crippen LogP contribution < -0.4 is 0 Å². The van der Waals surface area contributed by atoms with Crippen LogP contribution in [0.3, 0.4) is 0 Å². The zero-order chi connectivity index (χ0) is 13.5. The third kappa shape index (κ3) is 2.36. The highest BCUT2D eigenvalue weighted by Crippen LogP contribution is 2.58. The van der Waals surface area contributed by atoms with Crippen molar-refractivity contribution in [1.29, 1.82) is 0 Å². The summed E-state index contributed by atoms with van der Waals surface area (Å²) in [5, 5.41) is 11.1. The lowest BCUT2D eigenvalue weighted by molar-refractivity contribution is -0.0798. The first-order chi connectivity index (χ1) is 9.81. The van der Waals surface area contributed by atoms with Crippen LogP contribution in [0.25, 0.3) is 0 Å². The fourth-order valence-electron chi connectivity index (χ4n) is 6.22. The van der Waals surface area contributed by atoms with Gasteiger partial charge in [0, 0.05) is 0 Å². The molecule has 5 aliphatic carbocycles. The van der Waals surface area contributed by atoms with Crippen LogP contribution in [0.2, 0.25) is 0 Å². The van der Waals surface area contributed by atoms with E-state index in [1.165, 1.54) is 76.2 Å². The lowest BCUT2D eigenvalue weighted by Crippen LogP contribution is -2.49. The molecule has 112 valence electrons. The number of aliphatic hydroxyl groups excluding tert-OH is 1. The van der Waals surface area contributed by atoms with E-state index in [9.17, 15) is 5.11 Å². The number of allylic oxidation sites excluding steroid dienone is 1. The predicted octanol–water partition coefficient (Wildman–Crippen LogP) is 4.70. The Morgan fingerprint density at radius 3 is 2.20 bits per heavy atom. The molecule has 4 bridgehead atoms. The normalized spacial score (nSPS) is 45.6. The van der Waals surface area contributed by atoms with Crippen molar-refractivity contribution in [1.82, 2.24) is 0 Å². The zero-order valence-corrected chi connectivity index (χ0v) is 12.8. The smallest absolute Gasteiger partial charge is 0.0783 e. The predicted molar refractivity (Wildman–Crippen MR) is 82.3 cm³/mol. The first kappa shape index (κ1) is 13.4. The molecule has 4 saturated carbocycles. The Morgan fingerprint density at radius 1 is 0.850 bits per heavy atom. The number of hydrogen-bond acceptors (Lipinski definition) is 1. The summed E-state index contributed by atoms with van der Waals surface area (Å²) in [4.78, 5) is 0. The maximum Gasteiger partial charge on any atom is 0.0783 e. The lowest BCUT2D eigenvalue weighted by Gasteiger charge is -2.56. The van der Waals surface area contributed by atoms with Crippen molar-refractivity contribution < 1.29 is 5.11 Å². The Kier molecular flexibility index (Phi) is 3.66. The summed E-state index contributed by atoms with van der Waals surface area (Å²) in [7, 11) is 0. The van der Waals surface area contributed by atoms with E-state index in [4.69, 9.17) is 0 Å². The summed E-state index contributed by atoms with van der Waals surface area (Å²) < 4.78 is 0. The molecule has 4 fully saturated rings. The SMILES string of the molecule is OC(C1=CCCCCCC1)C1C2CC3CC(C2)CC1C3. The van der Waals surface area contributed by atoms with E-state index in [0.29, 0.717) is 5.92 Å². The van der Waals surface area contributed by atoms with Crippen molar-refractivity contribution >= 4 is 0 Å². The van der Waals surface area contributed by atoms with E-state index in [1.807, 2.05) is 0 Å². The Hall–Kier alpha value is -0.300. The molecule has 1 unspecified atom stereocenters. The maximum absolute atomic E-state index is 11.1. The molecule has 5 aliphatic rings. The average Bonchev–Trinajstić information content (AvgIpc) is 2.36. The van der Waals surface area contributed by atoms with Gasteiger partial charge < -0.3 is 5.11 Å². The van der Waals surface area contributed by atoms with Gasteiger partial charge in [-0.1, -0.05) is 18.9 Å². The minimum atomic E-state index is -0.0944. The Bertz CT molecular complexity index is 355. The molecule has 1 atom stereocenters. The van der Waals surface area contributed by atoms with E-state index in [2.05, 4.69) is 6.08 Å². The Morgan fingerprint density at radius 2 is 1.50 bits per heavy atom. The fraction of sp³-hybridized carbons (Fsp3) is 0.895. The highest BCUT2D eigenvalue weighted by atomic mass is 16.3. The topological polar surface area (TPSA) is 20.2 Å². The van der Waals surface area contributed by atoms with E-state index in [1.54, 1.807) is 0 Å². The number of hydrogen-bond donors (Lipinski definition) is 1. The van der Waals surface area contributed by atoms with Gasteiger partial charge in [0.25, 0.3) is 0 Å². The molecule has 0 saturated heterocycles. The van der Waals surface area contributed by atoms with Crippen LogP contribution in [0.5, 0.6) is 0 Å². The fourth-order valence-corrected chi connectivity index (χ4v) is 6.22. The molecule has 0 radical (unpaired) electrons. The van der Waals surface area contributed by atoms with Crippen molar-refractivity contribution in [3.63, 3.8) is 0 Å². The van der Waals surface area contributed by atoms with Crippen molar-refractivity contribution in [2.45, 2.75) is 76.7 Å².